The molecule has 0 spiro atoms. The molecule has 0 radical (unpaired) electrons. The minimum atomic E-state index is -0.854. The van der Waals surface area contributed by atoms with Gasteiger partial charge < -0.3 is 20.8 Å². The molecule has 3 aromatic heterocycles. The van der Waals surface area contributed by atoms with Crippen molar-refractivity contribution < 1.29 is 14.6 Å². The normalized spacial score (nSPS) is 17.4. The first kappa shape index (κ1) is 21.4. The van der Waals surface area contributed by atoms with Gasteiger partial charge in [-0.3, -0.25) is 4.68 Å². The SMILES string of the molecule is Cc1nn(CC(C)(C)O)cc1N1CCC[C@@H](c2nc3c4cc(F)c(O)cc4nc(N)n3n2)C1. The lowest BCUT2D eigenvalue weighted by Gasteiger charge is -2.32. The number of nitrogens with zero attached hydrogens (tertiary/aromatic N) is 7. The van der Waals surface area contributed by atoms with Crippen LogP contribution in [0.5, 0.6) is 5.75 Å². The number of nitrogen functional groups attached to an aromatic ring is 1. The quantitative estimate of drug-likeness (QED) is 0.428. The van der Waals surface area contributed by atoms with Crippen LogP contribution in [-0.4, -0.2) is 58.3 Å². The van der Waals surface area contributed by atoms with Gasteiger partial charge in [-0.25, -0.2) is 14.4 Å². The van der Waals surface area contributed by atoms with Gasteiger partial charge in [-0.2, -0.15) is 9.61 Å². The Kier molecular flexibility index (Phi) is 4.89. The highest BCUT2D eigenvalue weighted by Gasteiger charge is 2.28. The van der Waals surface area contributed by atoms with Crippen molar-refractivity contribution in [3.8, 4) is 5.75 Å². The van der Waals surface area contributed by atoms with Crippen LogP contribution in [0.25, 0.3) is 16.6 Å². The zero-order valence-corrected chi connectivity index (χ0v) is 18.8. The third-order valence-electron chi connectivity index (χ3n) is 5.98. The molecule has 1 aliphatic rings. The summed E-state index contributed by atoms with van der Waals surface area (Å²) >= 11 is 0. The first-order valence-electron chi connectivity index (χ1n) is 10.9. The molecule has 1 atom stereocenters. The lowest BCUT2D eigenvalue weighted by molar-refractivity contribution is 0.0577. The van der Waals surface area contributed by atoms with Crippen molar-refractivity contribution in [2.45, 2.75) is 51.7 Å². The van der Waals surface area contributed by atoms with Gasteiger partial charge in [0.1, 0.15) is 0 Å². The Morgan fingerprint density at radius 2 is 2.03 bits per heavy atom. The minimum Gasteiger partial charge on any atom is -0.505 e. The molecule has 5 rings (SSSR count). The van der Waals surface area contributed by atoms with Crippen LogP contribution in [0.3, 0.4) is 0 Å². The number of phenols is 1. The van der Waals surface area contributed by atoms with Gasteiger partial charge in [0.05, 0.1) is 29.0 Å². The summed E-state index contributed by atoms with van der Waals surface area (Å²) in [6, 6.07) is 2.45. The van der Waals surface area contributed by atoms with E-state index in [1.54, 1.807) is 18.5 Å². The Hall–Kier alpha value is -3.47. The smallest absolute Gasteiger partial charge is 0.223 e. The number of phenolic OH excluding ortho intramolecular Hbond substituents is 1. The maximum atomic E-state index is 14.0. The van der Waals surface area contributed by atoms with Crippen LogP contribution in [0.1, 0.15) is 44.1 Å². The number of benzene rings is 1. The molecule has 1 saturated heterocycles. The van der Waals surface area contributed by atoms with Gasteiger partial charge in [-0.05, 0) is 39.7 Å². The fourth-order valence-electron chi connectivity index (χ4n) is 4.53. The number of hydrogen-bond acceptors (Lipinski definition) is 8. The largest absolute Gasteiger partial charge is 0.505 e. The fraction of sp³-hybridized carbons (Fsp3) is 0.455. The van der Waals surface area contributed by atoms with E-state index in [-0.39, 0.29) is 11.9 Å². The second kappa shape index (κ2) is 7.55. The number of fused-ring (bicyclic) bond motifs is 3. The molecular formula is C22H27FN8O2. The van der Waals surface area contributed by atoms with E-state index in [1.165, 1.54) is 16.6 Å². The van der Waals surface area contributed by atoms with Gasteiger partial charge in [0.15, 0.2) is 23.0 Å². The van der Waals surface area contributed by atoms with E-state index >= 15 is 0 Å². The summed E-state index contributed by atoms with van der Waals surface area (Å²) < 4.78 is 17.2. The Balaban J connectivity index is 1.48. The summed E-state index contributed by atoms with van der Waals surface area (Å²) in [5.41, 5.74) is 7.92. The van der Waals surface area contributed by atoms with E-state index in [4.69, 9.17) is 10.7 Å². The highest BCUT2D eigenvalue weighted by molar-refractivity contribution is 5.93. The van der Waals surface area contributed by atoms with Gasteiger partial charge in [-0.1, -0.05) is 0 Å². The summed E-state index contributed by atoms with van der Waals surface area (Å²) in [5.74, 6) is -0.439. The molecule has 4 heterocycles. The molecule has 0 unspecified atom stereocenters. The molecule has 4 aromatic rings. The molecule has 0 aliphatic carbocycles. The first-order valence-corrected chi connectivity index (χ1v) is 10.9. The Morgan fingerprint density at radius 1 is 1.24 bits per heavy atom. The van der Waals surface area contributed by atoms with Crippen LogP contribution in [0.4, 0.5) is 16.0 Å². The lowest BCUT2D eigenvalue weighted by Crippen LogP contribution is -2.35. The maximum absolute atomic E-state index is 14.0. The van der Waals surface area contributed by atoms with E-state index in [0.717, 1.165) is 30.8 Å². The molecule has 11 heteroatoms. The van der Waals surface area contributed by atoms with Crippen LogP contribution < -0.4 is 10.6 Å². The third kappa shape index (κ3) is 3.92. The Morgan fingerprint density at radius 3 is 2.79 bits per heavy atom. The predicted molar refractivity (Wildman–Crippen MR) is 122 cm³/mol. The van der Waals surface area contributed by atoms with Crippen molar-refractivity contribution in [2.24, 2.45) is 0 Å². The lowest BCUT2D eigenvalue weighted by atomic mass is 9.97. The number of anilines is 2. The average molecular weight is 455 g/mol. The van der Waals surface area contributed by atoms with Crippen LogP contribution in [0.15, 0.2) is 18.3 Å². The molecule has 33 heavy (non-hydrogen) atoms. The molecule has 1 aliphatic heterocycles. The molecule has 0 bridgehead atoms. The second-order valence-corrected chi connectivity index (χ2v) is 9.39. The van der Waals surface area contributed by atoms with E-state index in [1.807, 2.05) is 13.1 Å². The Labute approximate surface area is 189 Å². The van der Waals surface area contributed by atoms with E-state index < -0.39 is 17.2 Å². The molecular weight excluding hydrogens is 427 g/mol. The third-order valence-corrected chi connectivity index (χ3v) is 5.98. The van der Waals surface area contributed by atoms with Gasteiger partial charge in [0.2, 0.25) is 5.95 Å². The number of aromatic nitrogens is 6. The number of hydrogen-bond donors (Lipinski definition) is 3. The van der Waals surface area contributed by atoms with Gasteiger partial charge >= 0.3 is 0 Å². The number of piperidine rings is 1. The number of aromatic hydroxyl groups is 1. The van der Waals surface area contributed by atoms with Crippen molar-refractivity contribution in [2.75, 3.05) is 23.7 Å². The van der Waals surface area contributed by atoms with Gasteiger partial charge in [-0.15, -0.1) is 5.10 Å². The minimum absolute atomic E-state index is 0.0482. The maximum Gasteiger partial charge on any atom is 0.223 e. The fourth-order valence-corrected chi connectivity index (χ4v) is 4.53. The summed E-state index contributed by atoms with van der Waals surface area (Å²) in [4.78, 5) is 11.2. The molecule has 174 valence electrons. The molecule has 0 saturated carbocycles. The molecule has 1 aromatic carbocycles. The van der Waals surface area contributed by atoms with Crippen molar-refractivity contribution in [1.29, 1.82) is 0 Å². The van der Waals surface area contributed by atoms with E-state index in [9.17, 15) is 14.6 Å². The van der Waals surface area contributed by atoms with Crippen molar-refractivity contribution in [1.82, 2.24) is 29.4 Å². The number of aryl methyl sites for hydroxylation is 1. The monoisotopic (exact) mass is 454 g/mol. The summed E-state index contributed by atoms with van der Waals surface area (Å²) in [5, 5.41) is 29.4. The van der Waals surface area contributed by atoms with Crippen LogP contribution in [0, 0.1) is 12.7 Å². The number of rotatable bonds is 4. The number of nitrogens with two attached hydrogens (primary N) is 1. The van der Waals surface area contributed by atoms with E-state index in [2.05, 4.69) is 20.1 Å². The van der Waals surface area contributed by atoms with Gasteiger partial charge in [0.25, 0.3) is 0 Å². The predicted octanol–water partition coefficient (Wildman–Crippen LogP) is 2.36. The first-order chi connectivity index (χ1) is 15.6. The zero-order chi connectivity index (χ0) is 23.5. The molecule has 0 amide bonds. The Bertz CT molecular complexity index is 1360. The topological polar surface area (TPSA) is 131 Å². The molecule has 10 nitrogen and oxygen atoms in total. The van der Waals surface area contributed by atoms with Crippen molar-refractivity contribution >= 4 is 28.2 Å². The highest BCUT2D eigenvalue weighted by Crippen LogP contribution is 2.32. The molecule has 4 N–H and O–H groups in total. The molecule has 1 fully saturated rings. The summed E-state index contributed by atoms with van der Waals surface area (Å²) in [7, 11) is 0. The summed E-state index contributed by atoms with van der Waals surface area (Å²) in [6.45, 7) is 7.47. The summed E-state index contributed by atoms with van der Waals surface area (Å²) in [6.07, 6.45) is 3.83. The van der Waals surface area contributed by atoms with Crippen LogP contribution >= 0.6 is 0 Å². The zero-order valence-electron chi connectivity index (χ0n) is 18.8. The standard InChI is InChI=1S/C22H27FN8O2/c1-12-17(10-30(27-12)11-22(2,3)33)29-6-4-5-13(9-29)19-26-20-14-7-15(23)18(32)8-16(14)25-21(24)31(20)28-19/h7-8,10,13,32-33H,4-6,9,11H2,1-3H3,(H2,24,25)/t13-/m1/s1. The second-order valence-electron chi connectivity index (χ2n) is 9.39. The van der Waals surface area contributed by atoms with Crippen molar-refractivity contribution in [3.63, 3.8) is 0 Å². The average Bonchev–Trinajstić information content (AvgIpc) is 3.33. The van der Waals surface area contributed by atoms with E-state index in [0.29, 0.717) is 35.5 Å². The number of aliphatic hydroxyl groups is 1. The highest BCUT2D eigenvalue weighted by atomic mass is 19.1. The van der Waals surface area contributed by atoms with Crippen LogP contribution in [-0.2, 0) is 6.54 Å². The van der Waals surface area contributed by atoms with Crippen LogP contribution in [0.2, 0.25) is 0 Å². The van der Waals surface area contributed by atoms with Crippen molar-refractivity contribution in [3.05, 3.63) is 35.7 Å². The number of halogens is 1. The van der Waals surface area contributed by atoms with Gasteiger partial charge in [0, 0.05) is 36.7 Å².